The number of amides is 1. The van der Waals surface area contributed by atoms with Gasteiger partial charge in [0.15, 0.2) is 0 Å². The molecule has 0 fully saturated rings. The van der Waals surface area contributed by atoms with Gasteiger partial charge in [-0.05, 0) is 35.4 Å². The van der Waals surface area contributed by atoms with Crippen LogP contribution in [0, 0.1) is 5.41 Å². The molecule has 0 aliphatic rings. The van der Waals surface area contributed by atoms with Crippen LogP contribution in [-0.2, 0) is 17.6 Å². The van der Waals surface area contributed by atoms with Gasteiger partial charge >= 0.3 is 0 Å². The number of nitrogens with one attached hydrogen (secondary N) is 1. The van der Waals surface area contributed by atoms with Gasteiger partial charge in [-0.25, -0.2) is 0 Å². The second-order valence-electron chi connectivity index (χ2n) is 6.33. The van der Waals surface area contributed by atoms with Crippen LogP contribution in [0.1, 0.15) is 58.6 Å². The molecule has 1 aromatic carbocycles. The van der Waals surface area contributed by atoms with E-state index >= 15 is 0 Å². The van der Waals surface area contributed by atoms with Crippen molar-refractivity contribution < 1.29 is 4.79 Å². The first kappa shape index (κ1) is 15.7. The average molecular weight is 261 g/mol. The van der Waals surface area contributed by atoms with E-state index in [2.05, 4.69) is 46.0 Å². The molecule has 0 aliphatic heterocycles. The molecule has 0 saturated carbocycles. The Balaban J connectivity index is 2.88. The second kappa shape index (κ2) is 6.74. The zero-order valence-electron chi connectivity index (χ0n) is 13.0. The highest BCUT2D eigenvalue weighted by Gasteiger charge is 2.17. The number of aryl methyl sites for hydroxylation is 1. The first-order valence-corrected chi connectivity index (χ1v) is 7.28. The summed E-state index contributed by atoms with van der Waals surface area (Å²) in [6.45, 7) is 10.6. The SMILES string of the molecule is CCCc1cccc(NC(=O)CC(C)(C)C)c1CC. The lowest BCUT2D eigenvalue weighted by atomic mass is 9.91. The van der Waals surface area contributed by atoms with Gasteiger partial charge in [-0.3, -0.25) is 4.79 Å². The molecule has 1 rings (SSSR count). The molecule has 0 radical (unpaired) electrons. The Hall–Kier alpha value is -1.31. The maximum atomic E-state index is 12.1. The van der Waals surface area contributed by atoms with E-state index in [1.165, 1.54) is 11.1 Å². The molecule has 0 aliphatic carbocycles. The standard InChI is InChI=1S/C17H27NO/c1-6-9-13-10-8-11-15(14(13)7-2)18-16(19)12-17(3,4)5/h8,10-11H,6-7,9,12H2,1-5H3,(H,18,19). The highest BCUT2D eigenvalue weighted by atomic mass is 16.1. The summed E-state index contributed by atoms with van der Waals surface area (Å²) in [6.07, 6.45) is 3.72. The Morgan fingerprint density at radius 1 is 1.21 bits per heavy atom. The fraction of sp³-hybridized carbons (Fsp3) is 0.588. The zero-order chi connectivity index (χ0) is 14.5. The molecule has 0 heterocycles. The van der Waals surface area contributed by atoms with Gasteiger partial charge in [0.2, 0.25) is 5.91 Å². The van der Waals surface area contributed by atoms with Crippen LogP contribution in [0.5, 0.6) is 0 Å². The Kier molecular flexibility index (Phi) is 5.59. The zero-order valence-corrected chi connectivity index (χ0v) is 13.0. The van der Waals surface area contributed by atoms with Crippen molar-refractivity contribution in [2.45, 2.75) is 60.3 Å². The van der Waals surface area contributed by atoms with Crippen molar-refractivity contribution in [2.75, 3.05) is 5.32 Å². The summed E-state index contributed by atoms with van der Waals surface area (Å²) in [5.74, 6) is 0.107. The van der Waals surface area contributed by atoms with Crippen molar-refractivity contribution in [3.05, 3.63) is 29.3 Å². The molecule has 1 N–H and O–H groups in total. The van der Waals surface area contributed by atoms with Crippen molar-refractivity contribution in [3.63, 3.8) is 0 Å². The van der Waals surface area contributed by atoms with E-state index in [4.69, 9.17) is 0 Å². The average Bonchev–Trinajstić information content (AvgIpc) is 2.27. The van der Waals surface area contributed by atoms with Gasteiger partial charge in [0.25, 0.3) is 0 Å². The predicted octanol–water partition coefficient (Wildman–Crippen LogP) is 4.58. The number of carbonyl (C=O) groups is 1. The second-order valence-corrected chi connectivity index (χ2v) is 6.33. The van der Waals surface area contributed by atoms with Gasteiger partial charge in [-0.1, -0.05) is 53.2 Å². The third-order valence-corrected chi connectivity index (χ3v) is 3.11. The fourth-order valence-corrected chi connectivity index (χ4v) is 2.35. The first-order valence-electron chi connectivity index (χ1n) is 7.28. The maximum absolute atomic E-state index is 12.1. The summed E-state index contributed by atoms with van der Waals surface area (Å²) in [6, 6.07) is 6.22. The van der Waals surface area contributed by atoms with Crippen molar-refractivity contribution in [2.24, 2.45) is 5.41 Å². The number of carbonyl (C=O) groups excluding carboxylic acids is 1. The van der Waals surface area contributed by atoms with Crippen molar-refractivity contribution >= 4 is 11.6 Å². The lowest BCUT2D eigenvalue weighted by Crippen LogP contribution is -2.20. The minimum Gasteiger partial charge on any atom is -0.326 e. The van der Waals surface area contributed by atoms with Crippen LogP contribution >= 0.6 is 0 Å². The van der Waals surface area contributed by atoms with Gasteiger partial charge < -0.3 is 5.32 Å². The van der Waals surface area contributed by atoms with Gasteiger partial charge in [0.1, 0.15) is 0 Å². The Morgan fingerprint density at radius 2 is 1.89 bits per heavy atom. The molecule has 0 atom stereocenters. The van der Waals surface area contributed by atoms with E-state index < -0.39 is 0 Å². The van der Waals surface area contributed by atoms with E-state index in [9.17, 15) is 4.79 Å². The molecule has 1 aromatic rings. The predicted molar refractivity (Wildman–Crippen MR) is 82.5 cm³/mol. The van der Waals surface area contributed by atoms with Crippen LogP contribution in [0.25, 0.3) is 0 Å². The number of hydrogen-bond donors (Lipinski definition) is 1. The largest absolute Gasteiger partial charge is 0.326 e. The normalized spacial score (nSPS) is 11.4. The van der Waals surface area contributed by atoms with E-state index in [-0.39, 0.29) is 11.3 Å². The smallest absolute Gasteiger partial charge is 0.224 e. The van der Waals surface area contributed by atoms with Crippen LogP contribution < -0.4 is 5.32 Å². The molecule has 106 valence electrons. The highest BCUT2D eigenvalue weighted by molar-refractivity contribution is 5.92. The van der Waals surface area contributed by atoms with Crippen LogP contribution in [-0.4, -0.2) is 5.91 Å². The molecule has 0 saturated heterocycles. The Morgan fingerprint density at radius 3 is 2.42 bits per heavy atom. The van der Waals surface area contributed by atoms with Crippen molar-refractivity contribution in [1.82, 2.24) is 0 Å². The van der Waals surface area contributed by atoms with E-state index in [0.29, 0.717) is 6.42 Å². The topological polar surface area (TPSA) is 29.1 Å². The van der Waals surface area contributed by atoms with E-state index in [1.807, 2.05) is 12.1 Å². The summed E-state index contributed by atoms with van der Waals surface area (Å²) in [4.78, 5) is 12.1. The molecule has 19 heavy (non-hydrogen) atoms. The monoisotopic (exact) mass is 261 g/mol. The molecular formula is C17H27NO. The molecular weight excluding hydrogens is 234 g/mol. The van der Waals surface area contributed by atoms with Gasteiger partial charge in [-0.2, -0.15) is 0 Å². The number of benzene rings is 1. The van der Waals surface area contributed by atoms with Crippen LogP contribution in [0.15, 0.2) is 18.2 Å². The summed E-state index contributed by atoms with van der Waals surface area (Å²) in [7, 11) is 0. The number of hydrogen-bond acceptors (Lipinski definition) is 1. The minimum absolute atomic E-state index is 0.0253. The summed E-state index contributed by atoms with van der Waals surface area (Å²) >= 11 is 0. The highest BCUT2D eigenvalue weighted by Crippen LogP contribution is 2.24. The molecule has 0 aromatic heterocycles. The molecule has 0 spiro atoms. The third-order valence-electron chi connectivity index (χ3n) is 3.11. The Labute approximate surface area is 117 Å². The van der Waals surface area contributed by atoms with Gasteiger partial charge in [0, 0.05) is 12.1 Å². The lowest BCUT2D eigenvalue weighted by molar-refractivity contribution is -0.117. The molecule has 1 amide bonds. The van der Waals surface area contributed by atoms with E-state index in [1.54, 1.807) is 0 Å². The van der Waals surface area contributed by atoms with Crippen molar-refractivity contribution in [1.29, 1.82) is 0 Å². The van der Waals surface area contributed by atoms with E-state index in [0.717, 1.165) is 24.9 Å². The first-order chi connectivity index (χ1) is 8.87. The number of anilines is 1. The minimum atomic E-state index is 0.0253. The van der Waals surface area contributed by atoms with Crippen LogP contribution in [0.2, 0.25) is 0 Å². The summed E-state index contributed by atoms with van der Waals surface area (Å²) < 4.78 is 0. The maximum Gasteiger partial charge on any atom is 0.224 e. The third kappa shape index (κ3) is 5.06. The van der Waals surface area contributed by atoms with Crippen LogP contribution in [0.4, 0.5) is 5.69 Å². The fourth-order valence-electron chi connectivity index (χ4n) is 2.35. The molecule has 0 unspecified atom stereocenters. The number of rotatable bonds is 5. The van der Waals surface area contributed by atoms with Crippen LogP contribution in [0.3, 0.4) is 0 Å². The van der Waals surface area contributed by atoms with Crippen molar-refractivity contribution in [3.8, 4) is 0 Å². The lowest BCUT2D eigenvalue weighted by Gasteiger charge is -2.19. The Bertz CT molecular complexity index is 429. The summed E-state index contributed by atoms with van der Waals surface area (Å²) in [5.41, 5.74) is 3.66. The molecule has 0 bridgehead atoms. The molecule has 2 heteroatoms. The van der Waals surface area contributed by atoms with Gasteiger partial charge in [-0.15, -0.1) is 0 Å². The quantitative estimate of drug-likeness (QED) is 0.826. The van der Waals surface area contributed by atoms with Gasteiger partial charge in [0.05, 0.1) is 0 Å². The summed E-state index contributed by atoms with van der Waals surface area (Å²) in [5, 5.41) is 3.08. The molecule has 2 nitrogen and oxygen atoms in total.